The first kappa shape index (κ1) is 12.4. The van der Waals surface area contributed by atoms with E-state index in [1.165, 1.54) is 0 Å². The standard InChI is InChI=1S/C21H31/c1-14-2-16-3-15(1)8-20(7-14,9-16)13-21-10-17-4-18(11-21)6-19(5-17)12-21/h13-19H,1-12H2. The van der Waals surface area contributed by atoms with Crippen LogP contribution in [0, 0.1) is 52.8 Å². The molecule has 0 aromatic carbocycles. The van der Waals surface area contributed by atoms with Crippen LogP contribution >= 0.6 is 0 Å². The number of hydrogen-bond acceptors (Lipinski definition) is 0. The predicted octanol–water partition coefficient (Wildman–Crippen LogP) is 5.62. The van der Waals surface area contributed by atoms with Crippen LogP contribution in [-0.4, -0.2) is 0 Å². The monoisotopic (exact) mass is 283 g/mol. The van der Waals surface area contributed by atoms with E-state index in [0.29, 0.717) is 0 Å². The molecule has 8 aliphatic carbocycles. The molecule has 115 valence electrons. The van der Waals surface area contributed by atoms with E-state index in [-0.39, 0.29) is 0 Å². The van der Waals surface area contributed by atoms with Gasteiger partial charge in [0.25, 0.3) is 0 Å². The first-order chi connectivity index (χ1) is 10.2. The summed E-state index contributed by atoms with van der Waals surface area (Å²) in [7, 11) is 0. The van der Waals surface area contributed by atoms with Gasteiger partial charge in [-0.05, 0) is 130 Å². The van der Waals surface area contributed by atoms with Gasteiger partial charge in [-0.15, -0.1) is 0 Å². The molecule has 0 aromatic heterocycles. The van der Waals surface area contributed by atoms with Gasteiger partial charge in [-0.1, -0.05) is 0 Å². The van der Waals surface area contributed by atoms with E-state index >= 15 is 0 Å². The third kappa shape index (κ3) is 1.80. The van der Waals surface area contributed by atoms with Crippen molar-refractivity contribution in [2.24, 2.45) is 46.3 Å². The Morgan fingerprint density at radius 1 is 0.429 bits per heavy atom. The van der Waals surface area contributed by atoms with Crippen LogP contribution in [0.5, 0.6) is 0 Å². The molecule has 8 fully saturated rings. The summed E-state index contributed by atoms with van der Waals surface area (Å²) in [5, 5.41) is 0. The van der Waals surface area contributed by atoms with Gasteiger partial charge >= 0.3 is 0 Å². The lowest BCUT2D eigenvalue weighted by Gasteiger charge is -2.63. The fourth-order valence-corrected chi connectivity index (χ4v) is 9.36. The summed E-state index contributed by atoms with van der Waals surface area (Å²) < 4.78 is 0. The van der Waals surface area contributed by atoms with Crippen LogP contribution in [0.3, 0.4) is 0 Å². The quantitative estimate of drug-likeness (QED) is 0.616. The lowest BCUT2D eigenvalue weighted by molar-refractivity contribution is -0.0846. The van der Waals surface area contributed by atoms with Crippen molar-refractivity contribution in [1.29, 1.82) is 0 Å². The molecule has 0 spiro atoms. The molecule has 0 amide bonds. The van der Waals surface area contributed by atoms with Gasteiger partial charge in [-0.25, -0.2) is 0 Å². The smallest absolute Gasteiger partial charge is 0.0253 e. The van der Waals surface area contributed by atoms with Gasteiger partial charge in [0.2, 0.25) is 0 Å². The minimum absolute atomic E-state index is 0.723. The summed E-state index contributed by atoms with van der Waals surface area (Å²) in [6, 6.07) is 0. The minimum atomic E-state index is 0.723. The van der Waals surface area contributed by atoms with Gasteiger partial charge in [0.15, 0.2) is 0 Å². The molecule has 8 bridgehead atoms. The highest BCUT2D eigenvalue weighted by Gasteiger charge is 2.57. The first-order valence-electron chi connectivity index (χ1n) is 10.0. The molecule has 1 radical (unpaired) electrons. The van der Waals surface area contributed by atoms with Crippen LogP contribution in [0.15, 0.2) is 0 Å². The lowest BCUT2D eigenvalue weighted by atomic mass is 9.42. The zero-order valence-electron chi connectivity index (χ0n) is 13.5. The van der Waals surface area contributed by atoms with E-state index in [1.54, 1.807) is 77.0 Å². The van der Waals surface area contributed by atoms with Crippen molar-refractivity contribution in [3.63, 3.8) is 0 Å². The van der Waals surface area contributed by atoms with Crippen LogP contribution in [0.1, 0.15) is 77.0 Å². The van der Waals surface area contributed by atoms with Crippen molar-refractivity contribution < 1.29 is 0 Å². The Balaban J connectivity index is 1.31. The molecular weight excluding hydrogens is 252 g/mol. The second kappa shape index (κ2) is 3.90. The second-order valence-corrected chi connectivity index (χ2v) is 10.7. The first-order valence-corrected chi connectivity index (χ1v) is 10.0. The maximum absolute atomic E-state index is 3.08. The van der Waals surface area contributed by atoms with Gasteiger partial charge in [0, 0.05) is 0 Å². The molecule has 0 atom stereocenters. The maximum Gasteiger partial charge on any atom is -0.0253 e. The summed E-state index contributed by atoms with van der Waals surface area (Å²) >= 11 is 0. The Hall–Kier alpha value is 0. The summed E-state index contributed by atoms with van der Waals surface area (Å²) in [6.07, 6.45) is 22.3. The van der Waals surface area contributed by atoms with Gasteiger partial charge in [0.1, 0.15) is 0 Å². The van der Waals surface area contributed by atoms with Crippen molar-refractivity contribution >= 4 is 0 Å². The Morgan fingerprint density at radius 3 is 0.905 bits per heavy atom. The number of hydrogen-bond donors (Lipinski definition) is 0. The average molecular weight is 283 g/mol. The largest absolute Gasteiger partial charge is 0.0475 e. The summed E-state index contributed by atoms with van der Waals surface area (Å²) in [4.78, 5) is 0. The van der Waals surface area contributed by atoms with E-state index in [1.807, 2.05) is 0 Å². The van der Waals surface area contributed by atoms with Crippen LogP contribution in [0.4, 0.5) is 0 Å². The Morgan fingerprint density at radius 2 is 0.667 bits per heavy atom. The third-order valence-electron chi connectivity index (χ3n) is 8.78. The predicted molar refractivity (Wildman–Crippen MR) is 85.5 cm³/mol. The minimum Gasteiger partial charge on any atom is -0.0475 e. The molecule has 0 unspecified atom stereocenters. The topological polar surface area (TPSA) is 0 Å². The molecule has 0 N–H and O–H groups in total. The molecule has 0 heteroatoms. The van der Waals surface area contributed by atoms with Gasteiger partial charge in [0.05, 0.1) is 0 Å². The van der Waals surface area contributed by atoms with E-state index in [4.69, 9.17) is 0 Å². The molecule has 0 nitrogen and oxygen atoms in total. The zero-order valence-corrected chi connectivity index (χ0v) is 13.5. The van der Waals surface area contributed by atoms with E-state index in [0.717, 1.165) is 46.3 Å². The SMILES string of the molecule is [CH](C12CC3CC(CC(C3)C1)C2)C12CC3CC(CC(C3)C1)C2. The van der Waals surface area contributed by atoms with Crippen LogP contribution in [0.2, 0.25) is 0 Å². The molecule has 0 aliphatic heterocycles. The van der Waals surface area contributed by atoms with Gasteiger partial charge < -0.3 is 0 Å². The van der Waals surface area contributed by atoms with Gasteiger partial charge in [-0.3, -0.25) is 0 Å². The van der Waals surface area contributed by atoms with E-state index in [2.05, 4.69) is 6.42 Å². The Bertz CT molecular complexity index is 346. The molecular formula is C21H31. The molecule has 8 saturated carbocycles. The van der Waals surface area contributed by atoms with Crippen LogP contribution in [0.25, 0.3) is 0 Å². The molecule has 8 aliphatic rings. The third-order valence-corrected chi connectivity index (χ3v) is 8.78. The molecule has 0 aromatic rings. The maximum atomic E-state index is 3.08. The fraction of sp³-hybridized carbons (Fsp3) is 0.952. The second-order valence-electron chi connectivity index (χ2n) is 10.7. The lowest BCUT2D eigenvalue weighted by Crippen LogP contribution is -2.53. The molecule has 21 heavy (non-hydrogen) atoms. The fourth-order valence-electron chi connectivity index (χ4n) is 9.36. The van der Waals surface area contributed by atoms with Crippen LogP contribution < -0.4 is 0 Å². The Kier molecular flexibility index (Phi) is 2.31. The normalized spacial score (nSPS) is 63.4. The summed E-state index contributed by atoms with van der Waals surface area (Å²) in [6.45, 7) is 0. The molecule has 8 rings (SSSR count). The molecule has 0 saturated heterocycles. The Labute approximate surface area is 130 Å². The van der Waals surface area contributed by atoms with Crippen molar-refractivity contribution in [1.82, 2.24) is 0 Å². The summed E-state index contributed by atoms with van der Waals surface area (Å²) in [5.74, 6) is 6.76. The highest BCUT2D eigenvalue weighted by atomic mass is 14.6. The van der Waals surface area contributed by atoms with Crippen LogP contribution in [-0.2, 0) is 0 Å². The highest BCUT2D eigenvalue weighted by molar-refractivity contribution is 5.16. The van der Waals surface area contributed by atoms with Crippen molar-refractivity contribution in [2.45, 2.75) is 77.0 Å². The summed E-state index contributed by atoms with van der Waals surface area (Å²) in [5.41, 5.74) is 1.45. The van der Waals surface area contributed by atoms with Crippen molar-refractivity contribution in [3.05, 3.63) is 6.42 Å². The van der Waals surface area contributed by atoms with E-state index < -0.39 is 0 Å². The zero-order chi connectivity index (χ0) is 13.7. The van der Waals surface area contributed by atoms with Gasteiger partial charge in [-0.2, -0.15) is 0 Å². The van der Waals surface area contributed by atoms with Crippen molar-refractivity contribution in [2.75, 3.05) is 0 Å². The van der Waals surface area contributed by atoms with E-state index in [9.17, 15) is 0 Å². The average Bonchev–Trinajstić information content (AvgIpc) is 2.33. The van der Waals surface area contributed by atoms with Crippen molar-refractivity contribution in [3.8, 4) is 0 Å². The number of rotatable bonds is 2. The highest BCUT2D eigenvalue weighted by Crippen LogP contribution is 2.68. The molecule has 0 heterocycles.